The van der Waals surface area contributed by atoms with Gasteiger partial charge in [-0.2, -0.15) is 0 Å². The number of anilines is 1. The third-order valence-corrected chi connectivity index (χ3v) is 5.44. The van der Waals surface area contributed by atoms with Gasteiger partial charge >= 0.3 is 0 Å². The fourth-order valence-corrected chi connectivity index (χ4v) is 3.88. The lowest BCUT2D eigenvalue weighted by molar-refractivity contribution is 0.0952. The first-order chi connectivity index (χ1) is 12.6. The molecule has 1 unspecified atom stereocenters. The third-order valence-electron chi connectivity index (χ3n) is 5.44. The molecule has 0 radical (unpaired) electrons. The molecule has 0 spiro atoms. The third kappa shape index (κ3) is 2.94. The minimum atomic E-state index is -0.249. The van der Waals surface area contributed by atoms with Crippen molar-refractivity contribution in [2.45, 2.75) is 45.3 Å². The van der Waals surface area contributed by atoms with E-state index in [1.54, 1.807) is 7.05 Å². The van der Waals surface area contributed by atoms with Crippen molar-refractivity contribution in [3.63, 3.8) is 0 Å². The summed E-state index contributed by atoms with van der Waals surface area (Å²) < 4.78 is 2.22. The second-order valence-corrected chi connectivity index (χ2v) is 7.08. The summed E-state index contributed by atoms with van der Waals surface area (Å²) in [4.78, 5) is 27.6. The summed E-state index contributed by atoms with van der Waals surface area (Å²) in [6.07, 6.45) is 6.06. The summed E-state index contributed by atoms with van der Waals surface area (Å²) in [7, 11) is 1.60. The van der Waals surface area contributed by atoms with E-state index in [2.05, 4.69) is 35.1 Å². The Morgan fingerprint density at radius 1 is 1.23 bits per heavy atom. The van der Waals surface area contributed by atoms with Crippen molar-refractivity contribution in [1.29, 1.82) is 0 Å². The first-order valence-electron chi connectivity index (χ1n) is 9.16. The molecule has 0 aromatic carbocycles. The molecule has 2 aliphatic heterocycles. The van der Waals surface area contributed by atoms with Crippen LogP contribution in [0.25, 0.3) is 0 Å². The van der Waals surface area contributed by atoms with Gasteiger partial charge in [0, 0.05) is 56.4 Å². The van der Waals surface area contributed by atoms with Crippen molar-refractivity contribution in [2.24, 2.45) is 0 Å². The number of hydrogen-bond donors (Lipinski definition) is 2. The standard InChI is InChI=1S/C18H25N7O/c1-11-12(2)21-15(18(26)19-3)23-16(11)25-7-4-13(10-25)22-14-5-8-24-9-6-20-17(14)24/h6,9,13-14,22H,4-5,7-8,10H2,1-3H3,(H,19,26)/t13-,14?/m1/s1. The van der Waals surface area contributed by atoms with Crippen molar-refractivity contribution in [2.75, 3.05) is 25.0 Å². The molecule has 4 rings (SSSR count). The van der Waals surface area contributed by atoms with Gasteiger partial charge in [-0.25, -0.2) is 15.0 Å². The Balaban J connectivity index is 1.49. The molecule has 2 N–H and O–H groups in total. The fourth-order valence-electron chi connectivity index (χ4n) is 3.88. The predicted molar refractivity (Wildman–Crippen MR) is 98.2 cm³/mol. The summed E-state index contributed by atoms with van der Waals surface area (Å²) in [5.41, 5.74) is 1.89. The molecular weight excluding hydrogens is 330 g/mol. The van der Waals surface area contributed by atoms with E-state index in [0.29, 0.717) is 12.1 Å². The van der Waals surface area contributed by atoms with Gasteiger partial charge in [-0.3, -0.25) is 4.79 Å². The molecule has 26 heavy (non-hydrogen) atoms. The van der Waals surface area contributed by atoms with Crippen LogP contribution in [0.5, 0.6) is 0 Å². The predicted octanol–water partition coefficient (Wildman–Crippen LogP) is 0.963. The van der Waals surface area contributed by atoms with Crippen LogP contribution in [0, 0.1) is 13.8 Å². The van der Waals surface area contributed by atoms with Crippen molar-refractivity contribution in [1.82, 2.24) is 30.2 Å². The number of aryl methyl sites for hydroxylation is 2. The lowest BCUT2D eigenvalue weighted by Gasteiger charge is -2.22. The number of hydrogen-bond acceptors (Lipinski definition) is 6. The molecule has 1 fully saturated rings. The van der Waals surface area contributed by atoms with Gasteiger partial charge in [0.15, 0.2) is 0 Å². The van der Waals surface area contributed by atoms with Crippen LogP contribution >= 0.6 is 0 Å². The van der Waals surface area contributed by atoms with Crippen molar-refractivity contribution in [3.05, 3.63) is 35.3 Å². The number of imidazole rings is 1. The second kappa shape index (κ2) is 6.68. The van der Waals surface area contributed by atoms with E-state index in [-0.39, 0.29) is 11.7 Å². The second-order valence-electron chi connectivity index (χ2n) is 7.08. The molecule has 0 aliphatic carbocycles. The number of nitrogens with zero attached hydrogens (tertiary/aromatic N) is 5. The summed E-state index contributed by atoms with van der Waals surface area (Å²) in [5, 5.41) is 6.36. The smallest absolute Gasteiger partial charge is 0.288 e. The molecular formula is C18H25N7O. The zero-order chi connectivity index (χ0) is 18.3. The molecule has 2 aromatic heterocycles. The maximum absolute atomic E-state index is 12.0. The number of amides is 1. The first-order valence-corrected chi connectivity index (χ1v) is 9.16. The van der Waals surface area contributed by atoms with Crippen LogP contribution < -0.4 is 15.5 Å². The highest BCUT2D eigenvalue weighted by molar-refractivity contribution is 5.90. The van der Waals surface area contributed by atoms with Crippen molar-refractivity contribution < 1.29 is 4.79 Å². The summed E-state index contributed by atoms with van der Waals surface area (Å²) in [6, 6.07) is 0.714. The Morgan fingerprint density at radius 3 is 2.88 bits per heavy atom. The van der Waals surface area contributed by atoms with Gasteiger partial charge in [0.25, 0.3) is 5.91 Å². The van der Waals surface area contributed by atoms with E-state index >= 15 is 0 Å². The molecule has 4 heterocycles. The lowest BCUT2D eigenvalue weighted by Crippen LogP contribution is -2.35. The Labute approximate surface area is 153 Å². The number of rotatable bonds is 4. The number of fused-ring (bicyclic) bond motifs is 1. The highest BCUT2D eigenvalue weighted by Gasteiger charge is 2.31. The summed E-state index contributed by atoms with van der Waals surface area (Å²) in [6.45, 7) is 6.78. The number of nitrogens with one attached hydrogen (secondary N) is 2. The normalized spacial score (nSPS) is 21.9. The Kier molecular flexibility index (Phi) is 4.36. The first kappa shape index (κ1) is 17.0. The maximum Gasteiger partial charge on any atom is 0.288 e. The number of carbonyl (C=O) groups is 1. The minimum Gasteiger partial charge on any atom is -0.355 e. The van der Waals surface area contributed by atoms with E-state index in [1.807, 2.05) is 26.2 Å². The lowest BCUT2D eigenvalue weighted by atomic mass is 10.2. The van der Waals surface area contributed by atoms with E-state index in [1.165, 1.54) is 0 Å². The zero-order valence-electron chi connectivity index (χ0n) is 15.5. The SMILES string of the molecule is CNC(=O)c1nc(C)c(C)c(N2CC[C@@H](NC3CCn4ccnc43)C2)n1. The summed E-state index contributed by atoms with van der Waals surface area (Å²) in [5.74, 6) is 1.99. The maximum atomic E-state index is 12.0. The molecule has 138 valence electrons. The van der Waals surface area contributed by atoms with Gasteiger partial charge in [0.2, 0.25) is 5.82 Å². The molecule has 8 heteroatoms. The van der Waals surface area contributed by atoms with Gasteiger partial charge in [0.05, 0.1) is 6.04 Å². The van der Waals surface area contributed by atoms with E-state index in [9.17, 15) is 4.79 Å². The van der Waals surface area contributed by atoms with Crippen LogP contribution in [0.4, 0.5) is 5.82 Å². The minimum absolute atomic E-state index is 0.236. The van der Waals surface area contributed by atoms with Gasteiger partial charge < -0.3 is 20.1 Å². The van der Waals surface area contributed by atoms with Gasteiger partial charge in [-0.05, 0) is 26.7 Å². The summed E-state index contributed by atoms with van der Waals surface area (Å²) >= 11 is 0. The molecule has 2 aromatic rings. The molecule has 1 saturated heterocycles. The van der Waals surface area contributed by atoms with Crippen LogP contribution in [0.2, 0.25) is 0 Å². The van der Waals surface area contributed by atoms with Crippen LogP contribution in [0.15, 0.2) is 12.4 Å². The molecule has 2 aliphatic rings. The number of carbonyl (C=O) groups excluding carboxylic acids is 1. The van der Waals surface area contributed by atoms with Crippen LogP contribution in [0.1, 0.15) is 46.6 Å². The van der Waals surface area contributed by atoms with E-state index in [0.717, 1.165) is 55.4 Å². The molecule has 1 amide bonds. The highest BCUT2D eigenvalue weighted by Crippen LogP contribution is 2.28. The van der Waals surface area contributed by atoms with Crippen molar-refractivity contribution >= 4 is 11.7 Å². The van der Waals surface area contributed by atoms with Crippen LogP contribution in [-0.2, 0) is 6.54 Å². The quantitative estimate of drug-likeness (QED) is 0.849. The zero-order valence-corrected chi connectivity index (χ0v) is 15.5. The van der Waals surface area contributed by atoms with Crippen LogP contribution in [-0.4, -0.2) is 51.6 Å². The molecule has 0 saturated carbocycles. The Hall–Kier alpha value is -2.48. The molecule has 0 bridgehead atoms. The van der Waals surface area contributed by atoms with Crippen molar-refractivity contribution in [3.8, 4) is 0 Å². The Bertz CT molecular complexity index is 831. The molecule has 2 atom stereocenters. The van der Waals surface area contributed by atoms with E-state index in [4.69, 9.17) is 0 Å². The number of aromatic nitrogens is 4. The van der Waals surface area contributed by atoms with Gasteiger partial charge in [-0.1, -0.05) is 0 Å². The molecule has 8 nitrogen and oxygen atoms in total. The largest absolute Gasteiger partial charge is 0.355 e. The average molecular weight is 355 g/mol. The van der Waals surface area contributed by atoms with E-state index < -0.39 is 0 Å². The Morgan fingerprint density at radius 2 is 2.08 bits per heavy atom. The van der Waals surface area contributed by atoms with Gasteiger partial charge in [0.1, 0.15) is 11.6 Å². The highest BCUT2D eigenvalue weighted by atomic mass is 16.2. The average Bonchev–Trinajstić information content (AvgIpc) is 3.35. The topological polar surface area (TPSA) is 88.0 Å². The monoisotopic (exact) mass is 355 g/mol. The van der Waals surface area contributed by atoms with Crippen LogP contribution in [0.3, 0.4) is 0 Å². The fraction of sp³-hybridized carbons (Fsp3) is 0.556. The van der Waals surface area contributed by atoms with Gasteiger partial charge in [-0.15, -0.1) is 0 Å².